The van der Waals surface area contributed by atoms with Gasteiger partial charge in [0.1, 0.15) is 0 Å². The molecule has 0 atom stereocenters. The second-order valence-electron chi connectivity index (χ2n) is 4.48. The largest absolute Gasteiger partial charge is 0.380 e. The lowest BCUT2D eigenvalue weighted by atomic mass is 10.2. The number of hydrogen-bond donors (Lipinski definition) is 1. The standard InChI is InChI=1S/C13H21NOS/c1-2-12(1)4-8-15-9-7-14-6-3-13-5-10-16-11-13/h5,10-12,14H,1-4,6-9H2. The van der Waals surface area contributed by atoms with E-state index in [1.165, 1.54) is 24.8 Å². The Hall–Kier alpha value is -0.380. The van der Waals surface area contributed by atoms with E-state index >= 15 is 0 Å². The van der Waals surface area contributed by atoms with Crippen molar-refractivity contribution in [1.29, 1.82) is 0 Å². The van der Waals surface area contributed by atoms with Crippen molar-refractivity contribution >= 4 is 11.3 Å². The first kappa shape index (κ1) is 12.1. The Labute approximate surface area is 102 Å². The van der Waals surface area contributed by atoms with Crippen LogP contribution in [0.25, 0.3) is 0 Å². The molecule has 0 unspecified atom stereocenters. The van der Waals surface area contributed by atoms with Gasteiger partial charge in [0, 0.05) is 13.2 Å². The third-order valence-corrected chi connectivity index (χ3v) is 3.69. The molecule has 1 aliphatic rings. The van der Waals surface area contributed by atoms with Gasteiger partial charge in [-0.05, 0) is 47.7 Å². The monoisotopic (exact) mass is 239 g/mol. The highest BCUT2D eigenvalue weighted by molar-refractivity contribution is 7.07. The van der Waals surface area contributed by atoms with Crippen LogP contribution in [0.3, 0.4) is 0 Å². The fourth-order valence-corrected chi connectivity index (χ4v) is 2.40. The molecule has 1 N–H and O–H groups in total. The zero-order valence-electron chi connectivity index (χ0n) is 9.78. The van der Waals surface area contributed by atoms with Gasteiger partial charge in [-0.3, -0.25) is 0 Å². The van der Waals surface area contributed by atoms with Gasteiger partial charge in [-0.2, -0.15) is 11.3 Å². The quantitative estimate of drug-likeness (QED) is 0.669. The maximum atomic E-state index is 5.56. The van der Waals surface area contributed by atoms with Gasteiger partial charge in [0.15, 0.2) is 0 Å². The van der Waals surface area contributed by atoms with Crippen LogP contribution >= 0.6 is 11.3 Å². The first-order valence-electron chi connectivity index (χ1n) is 6.24. The minimum absolute atomic E-state index is 0.857. The van der Waals surface area contributed by atoms with Crippen LogP contribution in [0.4, 0.5) is 0 Å². The average molecular weight is 239 g/mol. The Morgan fingerprint density at radius 3 is 3.00 bits per heavy atom. The highest BCUT2D eigenvalue weighted by atomic mass is 32.1. The summed E-state index contributed by atoms with van der Waals surface area (Å²) in [6.07, 6.45) is 5.27. The van der Waals surface area contributed by atoms with E-state index < -0.39 is 0 Å². The Balaban J connectivity index is 1.34. The highest BCUT2D eigenvalue weighted by Gasteiger charge is 2.20. The van der Waals surface area contributed by atoms with Crippen molar-refractivity contribution in [1.82, 2.24) is 5.32 Å². The molecule has 0 aliphatic heterocycles. The fourth-order valence-electron chi connectivity index (χ4n) is 1.70. The van der Waals surface area contributed by atoms with Gasteiger partial charge in [0.05, 0.1) is 6.61 Å². The molecule has 90 valence electrons. The van der Waals surface area contributed by atoms with Crippen LogP contribution in [0.1, 0.15) is 24.8 Å². The van der Waals surface area contributed by atoms with Crippen molar-refractivity contribution in [3.63, 3.8) is 0 Å². The van der Waals surface area contributed by atoms with E-state index in [-0.39, 0.29) is 0 Å². The van der Waals surface area contributed by atoms with E-state index in [4.69, 9.17) is 4.74 Å². The van der Waals surface area contributed by atoms with Gasteiger partial charge in [-0.15, -0.1) is 0 Å². The summed E-state index contributed by atoms with van der Waals surface area (Å²) >= 11 is 1.77. The molecule has 0 aromatic carbocycles. The molecule has 1 fully saturated rings. The van der Waals surface area contributed by atoms with Crippen LogP contribution < -0.4 is 5.32 Å². The summed E-state index contributed by atoms with van der Waals surface area (Å²) in [7, 11) is 0. The molecule has 0 bridgehead atoms. The van der Waals surface area contributed by atoms with Crippen LogP contribution in [0.15, 0.2) is 16.8 Å². The Morgan fingerprint density at radius 2 is 2.25 bits per heavy atom. The molecule has 1 aromatic heterocycles. The van der Waals surface area contributed by atoms with Crippen molar-refractivity contribution in [2.24, 2.45) is 5.92 Å². The van der Waals surface area contributed by atoms with Crippen molar-refractivity contribution in [2.45, 2.75) is 25.7 Å². The second-order valence-corrected chi connectivity index (χ2v) is 5.26. The molecule has 1 aliphatic carbocycles. The second kappa shape index (κ2) is 7.05. The number of thiophene rings is 1. The first-order chi connectivity index (χ1) is 7.95. The minimum atomic E-state index is 0.857. The zero-order valence-corrected chi connectivity index (χ0v) is 10.6. The van der Waals surface area contributed by atoms with E-state index in [2.05, 4.69) is 22.1 Å². The molecule has 2 rings (SSSR count). The Bertz CT molecular complexity index is 269. The molecule has 16 heavy (non-hydrogen) atoms. The zero-order chi connectivity index (χ0) is 11.1. The summed E-state index contributed by atoms with van der Waals surface area (Å²) in [6.45, 7) is 3.85. The summed E-state index contributed by atoms with van der Waals surface area (Å²) in [6, 6.07) is 2.19. The number of rotatable bonds is 9. The maximum Gasteiger partial charge on any atom is 0.0590 e. The summed E-state index contributed by atoms with van der Waals surface area (Å²) < 4.78 is 5.56. The molecule has 3 heteroatoms. The molecule has 1 heterocycles. The van der Waals surface area contributed by atoms with E-state index in [0.29, 0.717) is 0 Å². The summed E-state index contributed by atoms with van der Waals surface area (Å²) in [5, 5.41) is 7.76. The molecular weight excluding hydrogens is 218 g/mol. The fraction of sp³-hybridized carbons (Fsp3) is 0.692. The lowest BCUT2D eigenvalue weighted by Crippen LogP contribution is -2.22. The number of hydrogen-bond acceptors (Lipinski definition) is 3. The van der Waals surface area contributed by atoms with Gasteiger partial charge in [-0.25, -0.2) is 0 Å². The molecule has 1 saturated carbocycles. The minimum Gasteiger partial charge on any atom is -0.380 e. The molecule has 0 spiro atoms. The van der Waals surface area contributed by atoms with E-state index in [1.54, 1.807) is 11.3 Å². The van der Waals surface area contributed by atoms with E-state index in [1.807, 2.05) is 0 Å². The lowest BCUT2D eigenvalue weighted by Gasteiger charge is -2.05. The van der Waals surface area contributed by atoms with Gasteiger partial charge in [0.2, 0.25) is 0 Å². The van der Waals surface area contributed by atoms with Crippen LogP contribution in [0, 0.1) is 5.92 Å². The van der Waals surface area contributed by atoms with E-state index in [9.17, 15) is 0 Å². The third kappa shape index (κ3) is 5.10. The molecule has 1 aromatic rings. The molecule has 0 radical (unpaired) electrons. The third-order valence-electron chi connectivity index (χ3n) is 2.96. The molecular formula is C13H21NOS. The number of ether oxygens (including phenoxy) is 1. The smallest absolute Gasteiger partial charge is 0.0590 e. The van der Waals surface area contributed by atoms with Crippen molar-refractivity contribution in [3.8, 4) is 0 Å². The van der Waals surface area contributed by atoms with Crippen LogP contribution in [0.5, 0.6) is 0 Å². The first-order valence-corrected chi connectivity index (χ1v) is 7.19. The van der Waals surface area contributed by atoms with Crippen LogP contribution in [-0.2, 0) is 11.2 Å². The topological polar surface area (TPSA) is 21.3 Å². The van der Waals surface area contributed by atoms with Gasteiger partial charge < -0.3 is 10.1 Å². The van der Waals surface area contributed by atoms with Crippen LogP contribution in [-0.4, -0.2) is 26.3 Å². The highest BCUT2D eigenvalue weighted by Crippen LogP contribution is 2.31. The predicted octanol–water partition coefficient (Wildman–Crippen LogP) is 2.70. The normalized spacial score (nSPS) is 15.5. The van der Waals surface area contributed by atoms with Gasteiger partial charge >= 0.3 is 0 Å². The average Bonchev–Trinajstić information content (AvgIpc) is 2.97. The van der Waals surface area contributed by atoms with Crippen molar-refractivity contribution in [2.75, 3.05) is 26.3 Å². The van der Waals surface area contributed by atoms with Gasteiger partial charge in [-0.1, -0.05) is 12.8 Å². The molecule has 0 saturated heterocycles. The number of nitrogens with one attached hydrogen (secondary N) is 1. The van der Waals surface area contributed by atoms with E-state index in [0.717, 1.165) is 38.6 Å². The Kier molecular flexibility index (Phi) is 5.32. The maximum absolute atomic E-state index is 5.56. The molecule has 2 nitrogen and oxygen atoms in total. The van der Waals surface area contributed by atoms with Crippen molar-refractivity contribution in [3.05, 3.63) is 22.4 Å². The lowest BCUT2D eigenvalue weighted by molar-refractivity contribution is 0.130. The van der Waals surface area contributed by atoms with Crippen LogP contribution in [0.2, 0.25) is 0 Å². The summed E-state index contributed by atoms with van der Waals surface area (Å²) in [4.78, 5) is 0. The predicted molar refractivity (Wildman–Crippen MR) is 69.1 cm³/mol. The summed E-state index contributed by atoms with van der Waals surface area (Å²) in [5.41, 5.74) is 1.44. The van der Waals surface area contributed by atoms with Crippen molar-refractivity contribution < 1.29 is 4.74 Å². The Morgan fingerprint density at radius 1 is 1.31 bits per heavy atom. The SMILES string of the molecule is c1cc(CCNCCOCCC2CC2)cs1. The summed E-state index contributed by atoms with van der Waals surface area (Å²) in [5.74, 6) is 0.992. The van der Waals surface area contributed by atoms with Gasteiger partial charge in [0.25, 0.3) is 0 Å². The molecule has 0 amide bonds.